The molecule has 2 N–H and O–H groups in total. The Morgan fingerprint density at radius 1 is 1.30 bits per heavy atom. The van der Waals surface area contributed by atoms with E-state index in [1.54, 1.807) is 0 Å². The molecule has 0 fully saturated rings. The van der Waals surface area contributed by atoms with E-state index < -0.39 is 0 Å². The van der Waals surface area contributed by atoms with Gasteiger partial charge >= 0.3 is 0 Å². The number of halogens is 1. The third-order valence-electron chi connectivity index (χ3n) is 3.78. The Balaban J connectivity index is 2.42. The minimum absolute atomic E-state index is 0.502. The Hall–Kier alpha value is -1.43. The van der Waals surface area contributed by atoms with Crippen molar-refractivity contribution in [3.8, 4) is 11.4 Å². The van der Waals surface area contributed by atoms with Crippen LogP contribution in [-0.2, 0) is 6.54 Å². The standard InChI is InChI=1S/C14H20BrN5/c1-8(2)9(3)7-20-14(17-18-19-20)12-5-11(15)6-13(16)10(12)4/h5-6,8-9H,7,16H2,1-4H3. The van der Waals surface area contributed by atoms with Gasteiger partial charge in [0.15, 0.2) is 5.82 Å². The molecule has 0 radical (unpaired) electrons. The van der Waals surface area contributed by atoms with Crippen molar-refractivity contribution < 1.29 is 0 Å². The van der Waals surface area contributed by atoms with Gasteiger partial charge in [0.05, 0.1) is 0 Å². The van der Waals surface area contributed by atoms with E-state index in [0.29, 0.717) is 11.8 Å². The Morgan fingerprint density at radius 2 is 2.00 bits per heavy atom. The van der Waals surface area contributed by atoms with E-state index in [2.05, 4.69) is 52.2 Å². The molecule has 0 spiro atoms. The van der Waals surface area contributed by atoms with Crippen LogP contribution in [0.1, 0.15) is 26.3 Å². The highest BCUT2D eigenvalue weighted by molar-refractivity contribution is 9.10. The van der Waals surface area contributed by atoms with Crippen molar-refractivity contribution in [2.75, 3.05) is 5.73 Å². The molecule has 0 aliphatic carbocycles. The van der Waals surface area contributed by atoms with Crippen molar-refractivity contribution in [2.45, 2.75) is 34.2 Å². The first kappa shape index (κ1) is 15.0. The summed E-state index contributed by atoms with van der Waals surface area (Å²) in [5, 5.41) is 12.1. The number of tetrazole rings is 1. The highest BCUT2D eigenvalue weighted by Gasteiger charge is 2.17. The monoisotopic (exact) mass is 337 g/mol. The van der Waals surface area contributed by atoms with Crippen LogP contribution < -0.4 is 5.73 Å². The van der Waals surface area contributed by atoms with Gasteiger partial charge in [0.1, 0.15) is 0 Å². The van der Waals surface area contributed by atoms with Crippen LogP contribution in [0.25, 0.3) is 11.4 Å². The first-order valence-electron chi connectivity index (χ1n) is 6.72. The van der Waals surface area contributed by atoms with E-state index >= 15 is 0 Å². The second-order valence-electron chi connectivity index (χ2n) is 5.57. The highest BCUT2D eigenvalue weighted by Crippen LogP contribution is 2.30. The van der Waals surface area contributed by atoms with Gasteiger partial charge in [-0.2, -0.15) is 0 Å². The fourth-order valence-electron chi connectivity index (χ4n) is 1.94. The third kappa shape index (κ3) is 3.00. The van der Waals surface area contributed by atoms with E-state index in [1.165, 1.54) is 0 Å². The van der Waals surface area contributed by atoms with Crippen LogP contribution in [-0.4, -0.2) is 20.2 Å². The molecular weight excluding hydrogens is 318 g/mol. The van der Waals surface area contributed by atoms with Crippen LogP contribution in [0.3, 0.4) is 0 Å². The summed E-state index contributed by atoms with van der Waals surface area (Å²) in [6.45, 7) is 9.40. The molecule has 6 heteroatoms. The minimum atomic E-state index is 0.502. The van der Waals surface area contributed by atoms with E-state index in [4.69, 9.17) is 5.73 Å². The fraction of sp³-hybridized carbons (Fsp3) is 0.500. The predicted octanol–water partition coefficient (Wildman–Crippen LogP) is 3.29. The number of hydrogen-bond acceptors (Lipinski definition) is 4. The third-order valence-corrected chi connectivity index (χ3v) is 4.24. The maximum absolute atomic E-state index is 6.02. The zero-order valence-corrected chi connectivity index (χ0v) is 13.8. The first-order chi connectivity index (χ1) is 9.40. The molecule has 0 bridgehead atoms. The molecule has 1 heterocycles. The molecule has 2 rings (SSSR count). The van der Waals surface area contributed by atoms with Gasteiger partial charge in [-0.25, -0.2) is 4.68 Å². The highest BCUT2D eigenvalue weighted by atomic mass is 79.9. The van der Waals surface area contributed by atoms with Gasteiger partial charge in [0.2, 0.25) is 0 Å². The van der Waals surface area contributed by atoms with Crippen molar-refractivity contribution in [3.05, 3.63) is 22.2 Å². The molecule has 5 nitrogen and oxygen atoms in total. The molecule has 0 saturated heterocycles. The zero-order chi connectivity index (χ0) is 14.9. The number of rotatable bonds is 4. The predicted molar refractivity (Wildman–Crippen MR) is 84.1 cm³/mol. The molecule has 1 aromatic carbocycles. The zero-order valence-electron chi connectivity index (χ0n) is 12.3. The maximum Gasteiger partial charge on any atom is 0.182 e. The molecule has 2 aromatic rings. The molecule has 0 aliphatic rings. The maximum atomic E-state index is 6.02. The van der Waals surface area contributed by atoms with Crippen LogP contribution in [0.2, 0.25) is 0 Å². The number of aromatic nitrogens is 4. The number of nitrogens with zero attached hydrogens (tertiary/aromatic N) is 4. The van der Waals surface area contributed by atoms with Crippen molar-refractivity contribution >= 4 is 21.6 Å². The topological polar surface area (TPSA) is 69.6 Å². The molecule has 1 unspecified atom stereocenters. The average molecular weight is 338 g/mol. The SMILES string of the molecule is Cc1c(N)cc(Br)cc1-c1nnnn1CC(C)C(C)C. The van der Waals surface area contributed by atoms with Crippen LogP contribution >= 0.6 is 15.9 Å². The summed E-state index contributed by atoms with van der Waals surface area (Å²) in [6, 6.07) is 3.90. The van der Waals surface area contributed by atoms with Crippen LogP contribution in [0.5, 0.6) is 0 Å². The van der Waals surface area contributed by atoms with Crippen LogP contribution in [0.4, 0.5) is 5.69 Å². The second-order valence-corrected chi connectivity index (χ2v) is 6.49. The van der Waals surface area contributed by atoms with Crippen molar-refractivity contribution in [1.29, 1.82) is 0 Å². The molecule has 0 aliphatic heterocycles. The number of nitrogen functional groups attached to an aromatic ring is 1. The van der Waals surface area contributed by atoms with Gasteiger partial charge < -0.3 is 5.73 Å². The van der Waals surface area contributed by atoms with Gasteiger partial charge in [0, 0.05) is 22.3 Å². The van der Waals surface area contributed by atoms with Crippen molar-refractivity contribution in [3.63, 3.8) is 0 Å². The molecule has 108 valence electrons. The van der Waals surface area contributed by atoms with E-state index in [0.717, 1.165) is 33.7 Å². The quantitative estimate of drug-likeness (QED) is 0.869. The van der Waals surface area contributed by atoms with Gasteiger partial charge in [-0.1, -0.05) is 36.7 Å². The van der Waals surface area contributed by atoms with E-state index in [-0.39, 0.29) is 0 Å². The summed E-state index contributed by atoms with van der Waals surface area (Å²) < 4.78 is 2.79. The smallest absolute Gasteiger partial charge is 0.182 e. The summed E-state index contributed by atoms with van der Waals surface area (Å²) in [5.41, 5.74) is 8.73. The fourth-order valence-corrected chi connectivity index (χ4v) is 2.41. The summed E-state index contributed by atoms with van der Waals surface area (Å²) in [6.07, 6.45) is 0. The van der Waals surface area contributed by atoms with Crippen LogP contribution in [0.15, 0.2) is 16.6 Å². The van der Waals surface area contributed by atoms with Gasteiger partial charge in [-0.3, -0.25) is 0 Å². The summed E-state index contributed by atoms with van der Waals surface area (Å²) >= 11 is 3.47. The molecule has 0 saturated carbocycles. The Kier molecular flexibility index (Phi) is 4.42. The number of hydrogen-bond donors (Lipinski definition) is 1. The lowest BCUT2D eigenvalue weighted by Crippen LogP contribution is -2.15. The largest absolute Gasteiger partial charge is 0.398 e. The molecule has 20 heavy (non-hydrogen) atoms. The Bertz CT molecular complexity index is 606. The van der Waals surface area contributed by atoms with E-state index in [9.17, 15) is 0 Å². The molecule has 0 amide bonds. The second kappa shape index (κ2) is 5.91. The number of benzene rings is 1. The lowest BCUT2D eigenvalue weighted by Gasteiger charge is -2.16. The lowest BCUT2D eigenvalue weighted by molar-refractivity contribution is 0.347. The molecule has 1 aromatic heterocycles. The van der Waals surface area contributed by atoms with Gasteiger partial charge in [0.25, 0.3) is 0 Å². The minimum Gasteiger partial charge on any atom is -0.398 e. The summed E-state index contributed by atoms with van der Waals surface area (Å²) in [7, 11) is 0. The van der Waals surface area contributed by atoms with Gasteiger partial charge in [-0.05, 0) is 46.9 Å². The average Bonchev–Trinajstić information content (AvgIpc) is 2.81. The van der Waals surface area contributed by atoms with Gasteiger partial charge in [-0.15, -0.1) is 5.10 Å². The van der Waals surface area contributed by atoms with Crippen molar-refractivity contribution in [1.82, 2.24) is 20.2 Å². The lowest BCUT2D eigenvalue weighted by atomic mass is 9.98. The summed E-state index contributed by atoms with van der Waals surface area (Å²) in [4.78, 5) is 0. The first-order valence-corrected chi connectivity index (χ1v) is 7.51. The number of anilines is 1. The summed E-state index contributed by atoms with van der Waals surface area (Å²) in [5.74, 6) is 1.85. The normalized spacial score (nSPS) is 12.9. The Morgan fingerprint density at radius 3 is 2.65 bits per heavy atom. The number of nitrogens with two attached hydrogens (primary N) is 1. The molecule has 1 atom stereocenters. The molecular formula is C14H20BrN5. The van der Waals surface area contributed by atoms with Crippen molar-refractivity contribution in [2.24, 2.45) is 11.8 Å². The van der Waals surface area contributed by atoms with E-state index in [1.807, 2.05) is 23.7 Å². The Labute approximate surface area is 127 Å². The van der Waals surface area contributed by atoms with Crippen LogP contribution in [0, 0.1) is 18.8 Å².